The van der Waals surface area contributed by atoms with Gasteiger partial charge in [-0.15, -0.1) is 0 Å². The Hall–Kier alpha value is -0.390. The quantitative estimate of drug-likeness (QED) is 0.876. The topological polar surface area (TPSA) is 46.2 Å². The summed E-state index contributed by atoms with van der Waals surface area (Å²) in [5.74, 6) is 0.192. The molecule has 1 aromatic carbocycles. The molecule has 17 heavy (non-hydrogen) atoms. The Morgan fingerprint density at radius 3 is 2.41 bits per heavy atom. The molecular formula is C12H18BrNO2S. The van der Waals surface area contributed by atoms with E-state index in [0.29, 0.717) is 12.8 Å². The molecule has 0 aliphatic rings. The van der Waals surface area contributed by atoms with Gasteiger partial charge in [0.05, 0.1) is 5.75 Å². The Labute approximate surface area is 112 Å². The summed E-state index contributed by atoms with van der Waals surface area (Å²) >= 11 is 3.37. The first kappa shape index (κ1) is 14.7. The van der Waals surface area contributed by atoms with Crippen molar-refractivity contribution in [1.82, 2.24) is 4.72 Å². The third kappa shape index (κ3) is 5.66. The number of benzene rings is 1. The normalized spacial score (nSPS) is 13.6. The van der Waals surface area contributed by atoms with Crippen LogP contribution in [0.3, 0.4) is 0 Å². The average Bonchev–Trinajstić information content (AvgIpc) is 2.20. The molecule has 1 N–H and O–H groups in total. The van der Waals surface area contributed by atoms with E-state index in [9.17, 15) is 8.42 Å². The zero-order valence-electron chi connectivity index (χ0n) is 10.1. The van der Waals surface area contributed by atoms with Crippen molar-refractivity contribution in [2.24, 2.45) is 0 Å². The molecule has 3 nitrogen and oxygen atoms in total. The van der Waals surface area contributed by atoms with Crippen LogP contribution in [0.2, 0.25) is 0 Å². The summed E-state index contributed by atoms with van der Waals surface area (Å²) in [7, 11) is -3.12. The van der Waals surface area contributed by atoms with Gasteiger partial charge in [-0.2, -0.15) is 0 Å². The van der Waals surface area contributed by atoms with Crippen LogP contribution in [0.1, 0.15) is 25.8 Å². The molecule has 0 saturated heterocycles. The summed E-state index contributed by atoms with van der Waals surface area (Å²) in [5.41, 5.74) is 1.12. The summed E-state index contributed by atoms with van der Waals surface area (Å²) < 4.78 is 26.8. The van der Waals surface area contributed by atoms with Crippen LogP contribution < -0.4 is 4.72 Å². The van der Waals surface area contributed by atoms with Gasteiger partial charge in [0, 0.05) is 10.5 Å². The second-order valence-electron chi connectivity index (χ2n) is 4.17. The van der Waals surface area contributed by atoms with Gasteiger partial charge < -0.3 is 0 Å². The smallest absolute Gasteiger partial charge is 0.211 e. The van der Waals surface area contributed by atoms with E-state index >= 15 is 0 Å². The average molecular weight is 320 g/mol. The van der Waals surface area contributed by atoms with E-state index in [4.69, 9.17) is 0 Å². The van der Waals surface area contributed by atoms with Gasteiger partial charge in [0.15, 0.2) is 0 Å². The van der Waals surface area contributed by atoms with Crippen LogP contribution in [0.4, 0.5) is 0 Å². The first-order valence-corrected chi connectivity index (χ1v) is 8.12. The fourth-order valence-corrected chi connectivity index (χ4v) is 3.27. The molecule has 96 valence electrons. The molecular weight excluding hydrogens is 302 g/mol. The molecule has 0 aromatic heterocycles. The predicted octanol–water partition coefficient (Wildman–Crippen LogP) is 2.71. The van der Waals surface area contributed by atoms with Crippen LogP contribution in [0, 0.1) is 0 Å². The highest BCUT2D eigenvalue weighted by atomic mass is 79.9. The zero-order chi connectivity index (χ0) is 12.9. The Morgan fingerprint density at radius 2 is 1.88 bits per heavy atom. The predicted molar refractivity (Wildman–Crippen MR) is 74.5 cm³/mol. The lowest BCUT2D eigenvalue weighted by atomic mass is 10.1. The Morgan fingerprint density at radius 1 is 1.29 bits per heavy atom. The maximum atomic E-state index is 11.6. The lowest BCUT2D eigenvalue weighted by Crippen LogP contribution is -2.35. The maximum Gasteiger partial charge on any atom is 0.211 e. The molecule has 1 unspecified atom stereocenters. The lowest BCUT2D eigenvalue weighted by molar-refractivity contribution is 0.558. The first-order chi connectivity index (χ1) is 7.93. The van der Waals surface area contributed by atoms with Crippen LogP contribution >= 0.6 is 15.9 Å². The van der Waals surface area contributed by atoms with Crippen molar-refractivity contribution in [1.29, 1.82) is 0 Å². The van der Waals surface area contributed by atoms with E-state index in [0.717, 1.165) is 10.0 Å². The SMILES string of the molecule is CCCS(=O)(=O)NC(C)Cc1ccc(Br)cc1. The summed E-state index contributed by atoms with van der Waals surface area (Å²) in [6, 6.07) is 7.84. The largest absolute Gasteiger partial charge is 0.212 e. The minimum atomic E-state index is -3.12. The number of sulfonamides is 1. The molecule has 0 bridgehead atoms. The molecule has 0 heterocycles. The van der Waals surface area contributed by atoms with E-state index < -0.39 is 10.0 Å². The molecule has 1 atom stereocenters. The van der Waals surface area contributed by atoms with Gasteiger partial charge in [-0.05, 0) is 37.5 Å². The molecule has 1 rings (SSSR count). The molecule has 0 fully saturated rings. The molecule has 0 aliphatic heterocycles. The fourth-order valence-electron chi connectivity index (χ4n) is 1.65. The zero-order valence-corrected chi connectivity index (χ0v) is 12.5. The number of nitrogens with one attached hydrogen (secondary N) is 1. The number of rotatable bonds is 6. The highest BCUT2D eigenvalue weighted by molar-refractivity contribution is 9.10. The summed E-state index contributed by atoms with van der Waals surface area (Å²) in [4.78, 5) is 0. The standard InChI is InChI=1S/C12H18BrNO2S/c1-3-8-17(15,16)14-10(2)9-11-4-6-12(13)7-5-11/h4-7,10,14H,3,8-9H2,1-2H3. The number of hydrogen-bond donors (Lipinski definition) is 1. The molecule has 0 saturated carbocycles. The highest BCUT2D eigenvalue weighted by Crippen LogP contribution is 2.12. The van der Waals surface area contributed by atoms with Gasteiger partial charge in [0.25, 0.3) is 0 Å². The number of halogens is 1. The molecule has 0 spiro atoms. The van der Waals surface area contributed by atoms with Gasteiger partial charge in [-0.25, -0.2) is 13.1 Å². The van der Waals surface area contributed by atoms with Crippen LogP contribution in [-0.2, 0) is 16.4 Å². The molecule has 0 radical (unpaired) electrons. The summed E-state index contributed by atoms with van der Waals surface area (Å²) in [6.45, 7) is 3.74. The van der Waals surface area contributed by atoms with Crippen LogP contribution in [0.5, 0.6) is 0 Å². The van der Waals surface area contributed by atoms with Gasteiger partial charge in [0.2, 0.25) is 10.0 Å². The third-order valence-corrected chi connectivity index (χ3v) is 4.54. The summed E-state index contributed by atoms with van der Waals surface area (Å²) in [6.07, 6.45) is 1.34. The third-order valence-electron chi connectivity index (χ3n) is 2.31. The van der Waals surface area contributed by atoms with Crippen molar-refractivity contribution in [3.05, 3.63) is 34.3 Å². The van der Waals surface area contributed by atoms with E-state index in [1.807, 2.05) is 38.1 Å². The van der Waals surface area contributed by atoms with Crippen molar-refractivity contribution >= 4 is 26.0 Å². The molecule has 1 aromatic rings. The van der Waals surface area contributed by atoms with Crippen molar-refractivity contribution in [3.8, 4) is 0 Å². The Balaban J connectivity index is 2.55. The monoisotopic (exact) mass is 319 g/mol. The van der Waals surface area contributed by atoms with Gasteiger partial charge in [0.1, 0.15) is 0 Å². The van der Waals surface area contributed by atoms with Gasteiger partial charge >= 0.3 is 0 Å². The van der Waals surface area contributed by atoms with Crippen LogP contribution in [0.15, 0.2) is 28.7 Å². The minimum Gasteiger partial charge on any atom is -0.212 e. The minimum absolute atomic E-state index is 0.0762. The van der Waals surface area contributed by atoms with E-state index in [1.54, 1.807) is 0 Å². The lowest BCUT2D eigenvalue weighted by Gasteiger charge is -2.13. The first-order valence-electron chi connectivity index (χ1n) is 5.67. The molecule has 0 aliphatic carbocycles. The molecule has 5 heteroatoms. The molecule has 0 amide bonds. The highest BCUT2D eigenvalue weighted by Gasteiger charge is 2.13. The van der Waals surface area contributed by atoms with E-state index in [1.165, 1.54) is 0 Å². The Bertz CT molecular complexity index is 442. The van der Waals surface area contributed by atoms with Crippen molar-refractivity contribution in [3.63, 3.8) is 0 Å². The van der Waals surface area contributed by atoms with Gasteiger partial charge in [-0.1, -0.05) is 35.0 Å². The maximum absolute atomic E-state index is 11.6. The van der Waals surface area contributed by atoms with Crippen LogP contribution in [0.25, 0.3) is 0 Å². The van der Waals surface area contributed by atoms with Crippen LogP contribution in [-0.4, -0.2) is 20.2 Å². The second-order valence-corrected chi connectivity index (χ2v) is 6.96. The van der Waals surface area contributed by atoms with Crippen molar-refractivity contribution in [2.75, 3.05) is 5.75 Å². The number of hydrogen-bond acceptors (Lipinski definition) is 2. The van der Waals surface area contributed by atoms with E-state index in [2.05, 4.69) is 20.7 Å². The fraction of sp³-hybridized carbons (Fsp3) is 0.500. The van der Waals surface area contributed by atoms with E-state index in [-0.39, 0.29) is 11.8 Å². The van der Waals surface area contributed by atoms with Gasteiger partial charge in [-0.3, -0.25) is 0 Å². The Kier molecular flexibility index (Phi) is 5.62. The summed E-state index contributed by atoms with van der Waals surface area (Å²) in [5, 5.41) is 0. The second kappa shape index (κ2) is 6.52. The van der Waals surface area contributed by atoms with Crippen molar-refractivity contribution < 1.29 is 8.42 Å². The van der Waals surface area contributed by atoms with Crippen molar-refractivity contribution in [2.45, 2.75) is 32.7 Å².